The number of aromatic nitrogens is 1. The molecule has 3 aromatic carbocycles. The van der Waals surface area contributed by atoms with Crippen LogP contribution in [0.3, 0.4) is 0 Å². The van der Waals surface area contributed by atoms with E-state index < -0.39 is 5.60 Å². The molecule has 1 heterocycles. The Morgan fingerprint density at radius 2 is 1.37 bits per heavy atom. The molecule has 146 valence electrons. The molecule has 2 aliphatic carbocycles. The molecular weight excluding hydrogens is 366 g/mol. The molecule has 0 amide bonds. The van der Waals surface area contributed by atoms with Gasteiger partial charge in [0.05, 0.1) is 5.69 Å². The first kappa shape index (κ1) is 17.6. The van der Waals surface area contributed by atoms with Gasteiger partial charge in [0, 0.05) is 17.2 Å². The lowest BCUT2D eigenvalue weighted by atomic mass is 9.79. The molecule has 30 heavy (non-hydrogen) atoms. The third-order valence-corrected chi connectivity index (χ3v) is 7.10. The second-order valence-electron chi connectivity index (χ2n) is 8.61. The molecule has 1 N–H and O–H groups in total. The average Bonchev–Trinajstić information content (AvgIpc) is 3.46. The third kappa shape index (κ3) is 2.37. The Hall–Kier alpha value is -3.23. The number of rotatable bonds is 4. The van der Waals surface area contributed by atoms with Crippen molar-refractivity contribution >= 4 is 0 Å². The maximum absolute atomic E-state index is 12.1. The van der Waals surface area contributed by atoms with Gasteiger partial charge in [-0.1, -0.05) is 91.0 Å². The second kappa shape index (κ2) is 6.38. The zero-order valence-corrected chi connectivity index (χ0v) is 16.7. The highest BCUT2D eigenvalue weighted by Crippen LogP contribution is 2.68. The minimum absolute atomic E-state index is 0.0300. The molecular formula is C28H23NO. The molecule has 4 aromatic rings. The maximum Gasteiger partial charge on any atom is 0.115 e. The molecule has 6 rings (SSSR count). The van der Waals surface area contributed by atoms with Gasteiger partial charge >= 0.3 is 0 Å². The van der Waals surface area contributed by atoms with Crippen molar-refractivity contribution in [2.45, 2.75) is 23.9 Å². The van der Waals surface area contributed by atoms with Crippen LogP contribution in [0.4, 0.5) is 0 Å². The fourth-order valence-electron chi connectivity index (χ4n) is 5.63. The SMILES string of the molecule is OC(C[C@H]1C[C@]12c1ccccc1-c1ncccc12)(c1ccccc1)c1ccccc1. The molecule has 0 unspecified atom stereocenters. The van der Waals surface area contributed by atoms with Gasteiger partial charge in [0.15, 0.2) is 0 Å². The molecule has 2 atom stereocenters. The standard InChI is InChI=1S/C28H23NO/c30-28(20-10-3-1-4-11-20,21-12-5-2-6-13-21)19-22-18-27(22)24-15-8-7-14-23(24)26-25(27)16-9-17-29-26/h1-17,22,30H,18-19H2/t22-,27-/m1/s1. The van der Waals surface area contributed by atoms with E-state index in [-0.39, 0.29) is 5.41 Å². The van der Waals surface area contributed by atoms with Crippen LogP contribution in [0.2, 0.25) is 0 Å². The van der Waals surface area contributed by atoms with Crippen LogP contribution in [0.25, 0.3) is 11.3 Å². The molecule has 0 saturated heterocycles. The summed E-state index contributed by atoms with van der Waals surface area (Å²) < 4.78 is 0. The smallest absolute Gasteiger partial charge is 0.115 e. The Kier molecular flexibility index (Phi) is 3.75. The van der Waals surface area contributed by atoms with E-state index in [1.165, 1.54) is 16.7 Å². The van der Waals surface area contributed by atoms with Crippen LogP contribution < -0.4 is 0 Å². The number of hydrogen-bond donors (Lipinski definition) is 1. The Labute approximate surface area is 176 Å². The van der Waals surface area contributed by atoms with E-state index in [9.17, 15) is 5.11 Å². The molecule has 0 bridgehead atoms. The van der Waals surface area contributed by atoms with Gasteiger partial charge in [-0.15, -0.1) is 0 Å². The molecule has 1 aromatic heterocycles. The van der Waals surface area contributed by atoms with E-state index in [2.05, 4.69) is 30.3 Å². The summed E-state index contributed by atoms with van der Waals surface area (Å²) in [5.74, 6) is 0.356. The number of benzene rings is 3. The van der Waals surface area contributed by atoms with E-state index in [1.54, 1.807) is 0 Å². The normalized spacial score (nSPS) is 21.3. The molecule has 1 saturated carbocycles. The maximum atomic E-state index is 12.1. The first-order valence-corrected chi connectivity index (χ1v) is 10.6. The van der Waals surface area contributed by atoms with Crippen molar-refractivity contribution in [3.63, 3.8) is 0 Å². The lowest BCUT2D eigenvalue weighted by Crippen LogP contribution is -2.29. The zero-order chi connectivity index (χ0) is 20.2. The molecule has 1 fully saturated rings. The average molecular weight is 389 g/mol. The number of hydrogen-bond acceptors (Lipinski definition) is 2. The van der Waals surface area contributed by atoms with Gasteiger partial charge in [0.2, 0.25) is 0 Å². The lowest BCUT2D eigenvalue weighted by molar-refractivity contribution is 0.0629. The van der Waals surface area contributed by atoms with E-state index in [0.717, 1.165) is 23.2 Å². The van der Waals surface area contributed by atoms with Crippen molar-refractivity contribution in [1.29, 1.82) is 0 Å². The summed E-state index contributed by atoms with van der Waals surface area (Å²) in [5, 5.41) is 12.1. The topological polar surface area (TPSA) is 33.1 Å². The molecule has 0 aliphatic heterocycles. The number of aliphatic hydroxyl groups is 1. The monoisotopic (exact) mass is 389 g/mol. The first-order valence-electron chi connectivity index (χ1n) is 10.6. The minimum atomic E-state index is -1.02. The highest BCUT2D eigenvalue weighted by atomic mass is 16.3. The van der Waals surface area contributed by atoms with Crippen molar-refractivity contribution in [3.8, 4) is 11.3 Å². The van der Waals surface area contributed by atoms with E-state index in [0.29, 0.717) is 12.3 Å². The summed E-state index contributed by atoms with van der Waals surface area (Å²) >= 11 is 0. The number of fused-ring (bicyclic) bond motifs is 5. The van der Waals surface area contributed by atoms with E-state index >= 15 is 0 Å². The number of pyridine rings is 1. The Balaban J connectivity index is 1.46. The highest BCUT2D eigenvalue weighted by molar-refractivity contribution is 5.80. The Morgan fingerprint density at radius 1 is 0.767 bits per heavy atom. The summed E-state index contributed by atoms with van der Waals surface area (Å²) in [7, 11) is 0. The van der Waals surface area contributed by atoms with Crippen molar-refractivity contribution in [2.24, 2.45) is 5.92 Å². The quantitative estimate of drug-likeness (QED) is 0.486. The van der Waals surface area contributed by atoms with Crippen molar-refractivity contribution in [3.05, 3.63) is 126 Å². The van der Waals surface area contributed by atoms with Crippen LogP contribution in [-0.4, -0.2) is 10.1 Å². The van der Waals surface area contributed by atoms with Crippen LogP contribution in [0.5, 0.6) is 0 Å². The van der Waals surface area contributed by atoms with Crippen LogP contribution in [0.1, 0.15) is 35.1 Å². The fourth-order valence-corrected chi connectivity index (χ4v) is 5.63. The van der Waals surface area contributed by atoms with Gasteiger partial charge < -0.3 is 5.11 Å². The van der Waals surface area contributed by atoms with Gasteiger partial charge in [-0.3, -0.25) is 4.98 Å². The highest BCUT2D eigenvalue weighted by Gasteiger charge is 2.62. The summed E-state index contributed by atoms with van der Waals surface area (Å²) in [5.41, 5.74) is 5.91. The fraction of sp³-hybridized carbons (Fsp3) is 0.179. The first-order chi connectivity index (χ1) is 14.7. The Morgan fingerprint density at radius 3 is 2.07 bits per heavy atom. The van der Waals surface area contributed by atoms with E-state index in [4.69, 9.17) is 4.98 Å². The van der Waals surface area contributed by atoms with Crippen LogP contribution >= 0.6 is 0 Å². The van der Waals surface area contributed by atoms with Gasteiger partial charge in [0.1, 0.15) is 5.60 Å². The van der Waals surface area contributed by atoms with Crippen molar-refractivity contribution in [2.75, 3.05) is 0 Å². The molecule has 2 heteroatoms. The van der Waals surface area contributed by atoms with Gasteiger partial charge in [-0.2, -0.15) is 0 Å². The number of nitrogens with zero attached hydrogens (tertiary/aromatic N) is 1. The summed E-state index contributed by atoms with van der Waals surface area (Å²) in [4.78, 5) is 4.72. The van der Waals surface area contributed by atoms with Gasteiger partial charge in [0.25, 0.3) is 0 Å². The van der Waals surface area contributed by atoms with Crippen LogP contribution in [0, 0.1) is 5.92 Å². The minimum Gasteiger partial charge on any atom is -0.380 e. The van der Waals surface area contributed by atoms with Crippen molar-refractivity contribution < 1.29 is 5.11 Å². The predicted molar refractivity (Wildman–Crippen MR) is 119 cm³/mol. The van der Waals surface area contributed by atoms with E-state index in [1.807, 2.05) is 72.9 Å². The van der Waals surface area contributed by atoms with Gasteiger partial charge in [-0.05, 0) is 47.1 Å². The third-order valence-electron chi connectivity index (χ3n) is 7.10. The molecule has 2 aliphatic rings. The summed E-state index contributed by atoms with van der Waals surface area (Å²) in [6, 6.07) is 33.1. The molecule has 1 spiro atoms. The van der Waals surface area contributed by atoms with Gasteiger partial charge in [-0.25, -0.2) is 0 Å². The van der Waals surface area contributed by atoms with Crippen LogP contribution in [0.15, 0.2) is 103 Å². The van der Waals surface area contributed by atoms with Crippen LogP contribution in [-0.2, 0) is 11.0 Å². The molecule has 0 radical (unpaired) electrons. The van der Waals surface area contributed by atoms with Crippen molar-refractivity contribution in [1.82, 2.24) is 4.98 Å². The lowest BCUT2D eigenvalue weighted by Gasteiger charge is -2.31. The summed E-state index contributed by atoms with van der Waals surface area (Å²) in [6.45, 7) is 0. The predicted octanol–water partition coefficient (Wildman–Crippen LogP) is 5.69. The zero-order valence-electron chi connectivity index (χ0n) is 16.7. The molecule has 2 nitrogen and oxygen atoms in total. The second-order valence-corrected chi connectivity index (χ2v) is 8.61. The largest absolute Gasteiger partial charge is 0.380 e. The summed E-state index contributed by atoms with van der Waals surface area (Å²) in [6.07, 6.45) is 3.62. The Bertz CT molecular complexity index is 1130.